The number of piperidine rings is 1. The quantitative estimate of drug-likeness (QED) is 0.796. The molecule has 1 aliphatic heterocycles. The van der Waals surface area contributed by atoms with Gasteiger partial charge in [-0.1, -0.05) is 12.1 Å². The molecule has 5 nitrogen and oxygen atoms in total. The maximum atomic E-state index is 12.5. The van der Waals surface area contributed by atoms with Gasteiger partial charge in [-0.05, 0) is 38.8 Å². The highest BCUT2D eigenvalue weighted by Gasteiger charge is 2.30. The molecule has 1 aromatic rings. The Morgan fingerprint density at radius 1 is 1.05 bits per heavy atom. The molecule has 6 heteroatoms. The zero-order valence-corrected chi connectivity index (χ0v) is 13.0. The molecule has 0 saturated carbocycles. The number of ketones is 2. The van der Waals surface area contributed by atoms with Crippen molar-refractivity contribution in [3.05, 3.63) is 29.8 Å². The van der Waals surface area contributed by atoms with Crippen molar-refractivity contribution in [3.8, 4) is 0 Å². The Balaban J connectivity index is 2.15. The second-order valence-corrected chi connectivity index (χ2v) is 7.31. The summed E-state index contributed by atoms with van der Waals surface area (Å²) in [6.07, 6.45) is 1.14. The van der Waals surface area contributed by atoms with Crippen molar-refractivity contribution < 1.29 is 18.0 Å². The standard InChI is InChI=1S/C15H19NO4S/c1-11(17)13-3-5-15(6-4-13)21(19,20)16-9-7-14(8-10-16)12(2)18/h3-6,14H,7-10H2,1-2H3. The first kappa shape index (κ1) is 15.9. The SMILES string of the molecule is CC(=O)c1ccc(S(=O)(=O)N2CCC(C(C)=O)CC2)cc1. The van der Waals surface area contributed by atoms with E-state index in [2.05, 4.69) is 0 Å². The van der Waals surface area contributed by atoms with Gasteiger partial charge in [0.25, 0.3) is 0 Å². The van der Waals surface area contributed by atoms with Crippen LogP contribution in [0, 0.1) is 5.92 Å². The van der Waals surface area contributed by atoms with Crippen LogP contribution in [0.5, 0.6) is 0 Å². The second-order valence-electron chi connectivity index (χ2n) is 5.37. The molecule has 0 aromatic heterocycles. The molecular formula is C15H19NO4S. The average molecular weight is 309 g/mol. The van der Waals surface area contributed by atoms with E-state index in [0.29, 0.717) is 31.5 Å². The van der Waals surface area contributed by atoms with E-state index in [1.54, 1.807) is 6.92 Å². The number of benzene rings is 1. The number of hydrogen-bond acceptors (Lipinski definition) is 4. The summed E-state index contributed by atoms with van der Waals surface area (Å²) in [6, 6.07) is 5.97. The maximum absolute atomic E-state index is 12.5. The van der Waals surface area contributed by atoms with Gasteiger partial charge < -0.3 is 0 Å². The van der Waals surface area contributed by atoms with Crippen LogP contribution in [0.1, 0.15) is 37.0 Å². The van der Waals surface area contributed by atoms with E-state index in [-0.39, 0.29) is 22.4 Å². The fourth-order valence-electron chi connectivity index (χ4n) is 2.51. The summed E-state index contributed by atoms with van der Waals surface area (Å²) in [5.74, 6) is -0.00406. The van der Waals surface area contributed by atoms with Gasteiger partial charge in [0.15, 0.2) is 5.78 Å². The van der Waals surface area contributed by atoms with Gasteiger partial charge >= 0.3 is 0 Å². The van der Waals surface area contributed by atoms with Crippen molar-refractivity contribution >= 4 is 21.6 Å². The number of nitrogens with zero attached hydrogens (tertiary/aromatic N) is 1. The minimum absolute atomic E-state index is 0.0310. The van der Waals surface area contributed by atoms with Crippen LogP contribution < -0.4 is 0 Å². The number of carbonyl (C=O) groups excluding carboxylic acids is 2. The Hall–Kier alpha value is -1.53. The molecule has 1 heterocycles. The molecule has 2 rings (SSSR count). The van der Waals surface area contributed by atoms with Gasteiger partial charge in [0.1, 0.15) is 5.78 Å². The molecule has 1 aromatic carbocycles. The predicted octanol–water partition coefficient (Wildman–Crippen LogP) is 1.88. The highest BCUT2D eigenvalue weighted by Crippen LogP contribution is 2.24. The van der Waals surface area contributed by atoms with Crippen LogP contribution in [0.4, 0.5) is 0 Å². The molecule has 0 spiro atoms. The number of rotatable bonds is 4. The van der Waals surface area contributed by atoms with Gasteiger partial charge in [-0.2, -0.15) is 4.31 Å². The number of carbonyl (C=O) groups is 2. The van der Waals surface area contributed by atoms with E-state index in [1.165, 1.54) is 35.5 Å². The molecule has 0 amide bonds. The first-order valence-corrected chi connectivity index (χ1v) is 8.38. The fraction of sp³-hybridized carbons (Fsp3) is 0.467. The van der Waals surface area contributed by atoms with Crippen molar-refractivity contribution in [1.29, 1.82) is 0 Å². The van der Waals surface area contributed by atoms with Gasteiger partial charge in [0.2, 0.25) is 10.0 Å². The normalized spacial score (nSPS) is 17.6. The summed E-state index contributed by atoms with van der Waals surface area (Å²) in [5, 5.41) is 0. The number of Topliss-reactive ketones (excluding diaryl/α,β-unsaturated/α-hetero) is 2. The molecule has 21 heavy (non-hydrogen) atoms. The van der Waals surface area contributed by atoms with Crippen molar-refractivity contribution in [2.24, 2.45) is 5.92 Å². The largest absolute Gasteiger partial charge is 0.300 e. The van der Waals surface area contributed by atoms with E-state index in [9.17, 15) is 18.0 Å². The zero-order valence-electron chi connectivity index (χ0n) is 12.2. The lowest BCUT2D eigenvalue weighted by Gasteiger charge is -2.30. The van der Waals surface area contributed by atoms with Crippen LogP contribution >= 0.6 is 0 Å². The molecule has 1 fully saturated rings. The number of hydrogen-bond donors (Lipinski definition) is 0. The molecule has 0 bridgehead atoms. The molecule has 0 N–H and O–H groups in total. The predicted molar refractivity (Wildman–Crippen MR) is 78.6 cm³/mol. The molecule has 1 aliphatic rings. The summed E-state index contributed by atoms with van der Waals surface area (Å²) in [7, 11) is -3.54. The smallest absolute Gasteiger partial charge is 0.243 e. The highest BCUT2D eigenvalue weighted by molar-refractivity contribution is 7.89. The van der Waals surface area contributed by atoms with E-state index in [4.69, 9.17) is 0 Å². The Bertz CT molecular complexity index is 641. The van der Waals surface area contributed by atoms with Crippen molar-refractivity contribution in [2.45, 2.75) is 31.6 Å². The molecular weight excluding hydrogens is 290 g/mol. The third-order valence-corrected chi connectivity index (χ3v) is 5.84. The van der Waals surface area contributed by atoms with Crippen molar-refractivity contribution in [2.75, 3.05) is 13.1 Å². The molecule has 1 saturated heterocycles. The Kier molecular flexibility index (Phi) is 4.58. The summed E-state index contributed by atoms with van der Waals surface area (Å²) in [6.45, 7) is 3.72. The fourth-order valence-corrected chi connectivity index (χ4v) is 3.98. The van der Waals surface area contributed by atoms with Crippen molar-refractivity contribution in [1.82, 2.24) is 4.31 Å². The third kappa shape index (κ3) is 3.39. The first-order chi connectivity index (χ1) is 9.82. The van der Waals surface area contributed by atoms with Crippen LogP contribution in [-0.2, 0) is 14.8 Å². The van der Waals surface area contributed by atoms with E-state index < -0.39 is 10.0 Å². The summed E-state index contributed by atoms with van der Waals surface area (Å²) >= 11 is 0. The topological polar surface area (TPSA) is 71.5 Å². The van der Waals surface area contributed by atoms with Gasteiger partial charge in [-0.15, -0.1) is 0 Å². The van der Waals surface area contributed by atoms with Gasteiger partial charge in [-0.3, -0.25) is 9.59 Å². The monoisotopic (exact) mass is 309 g/mol. The van der Waals surface area contributed by atoms with Crippen LogP contribution in [-0.4, -0.2) is 37.4 Å². The van der Waals surface area contributed by atoms with E-state index in [0.717, 1.165) is 0 Å². The van der Waals surface area contributed by atoms with Gasteiger partial charge in [-0.25, -0.2) is 8.42 Å². The molecule has 0 radical (unpaired) electrons. The lowest BCUT2D eigenvalue weighted by atomic mass is 9.95. The van der Waals surface area contributed by atoms with Crippen molar-refractivity contribution in [3.63, 3.8) is 0 Å². The average Bonchev–Trinajstić information content (AvgIpc) is 2.47. The molecule has 0 unspecified atom stereocenters. The van der Waals surface area contributed by atoms with Crippen LogP contribution in [0.25, 0.3) is 0 Å². The lowest BCUT2D eigenvalue weighted by molar-refractivity contribution is -0.121. The Morgan fingerprint density at radius 2 is 1.57 bits per heavy atom. The molecule has 0 aliphatic carbocycles. The Labute approximate surface area is 125 Å². The third-order valence-electron chi connectivity index (χ3n) is 3.93. The van der Waals surface area contributed by atoms with Crippen LogP contribution in [0.3, 0.4) is 0 Å². The first-order valence-electron chi connectivity index (χ1n) is 6.94. The summed E-state index contributed by atoms with van der Waals surface area (Å²) in [5.41, 5.74) is 0.490. The number of sulfonamides is 1. The molecule has 114 valence electrons. The van der Waals surface area contributed by atoms with Gasteiger partial charge in [0.05, 0.1) is 4.90 Å². The maximum Gasteiger partial charge on any atom is 0.243 e. The summed E-state index contributed by atoms with van der Waals surface area (Å²) < 4.78 is 26.4. The minimum atomic E-state index is -3.54. The minimum Gasteiger partial charge on any atom is -0.300 e. The molecule has 0 atom stereocenters. The second kappa shape index (κ2) is 6.07. The summed E-state index contributed by atoms with van der Waals surface area (Å²) in [4.78, 5) is 22.7. The zero-order chi connectivity index (χ0) is 15.6. The van der Waals surface area contributed by atoms with Crippen LogP contribution in [0.15, 0.2) is 29.2 Å². The van der Waals surface area contributed by atoms with Gasteiger partial charge in [0, 0.05) is 24.6 Å². The highest BCUT2D eigenvalue weighted by atomic mass is 32.2. The van der Waals surface area contributed by atoms with E-state index >= 15 is 0 Å². The lowest BCUT2D eigenvalue weighted by Crippen LogP contribution is -2.39. The van der Waals surface area contributed by atoms with E-state index in [1.807, 2.05) is 0 Å². The van der Waals surface area contributed by atoms with Crippen LogP contribution in [0.2, 0.25) is 0 Å². The Morgan fingerprint density at radius 3 is 2.00 bits per heavy atom.